The Kier molecular flexibility index (Phi) is 6.22. The smallest absolute Gasteiger partial charge is 0.324 e. The van der Waals surface area contributed by atoms with Crippen molar-refractivity contribution < 1.29 is 14.3 Å². The normalized spacial score (nSPS) is 26.6. The molecule has 2 saturated heterocycles. The van der Waals surface area contributed by atoms with Gasteiger partial charge in [-0.3, -0.25) is 14.6 Å². The van der Waals surface area contributed by atoms with E-state index in [1.165, 1.54) is 13.5 Å². The van der Waals surface area contributed by atoms with Crippen LogP contribution in [0.2, 0.25) is 0 Å². The van der Waals surface area contributed by atoms with Crippen LogP contribution in [0.25, 0.3) is 0 Å². The number of carbonyl (C=O) groups excluding carboxylic acids is 1. The summed E-state index contributed by atoms with van der Waals surface area (Å²) in [6.07, 6.45) is 1.18. The topological polar surface area (TPSA) is 54.0 Å². The molecule has 6 heteroatoms. The van der Waals surface area contributed by atoms with E-state index in [0.29, 0.717) is 6.04 Å². The summed E-state index contributed by atoms with van der Waals surface area (Å²) in [4.78, 5) is 16.6. The molecular formula is C14H27N3O3. The molecule has 2 aliphatic rings. The van der Waals surface area contributed by atoms with Crippen molar-refractivity contribution in [1.29, 1.82) is 0 Å². The molecule has 0 radical (unpaired) electrons. The molecule has 2 rings (SSSR count). The fourth-order valence-electron chi connectivity index (χ4n) is 3.09. The number of ether oxygens (including phenoxy) is 2. The molecule has 116 valence electrons. The largest absolute Gasteiger partial charge is 0.468 e. The third-order valence-corrected chi connectivity index (χ3v) is 4.19. The summed E-state index contributed by atoms with van der Waals surface area (Å²) in [6, 6.07) is 0.396. The zero-order valence-electron chi connectivity index (χ0n) is 12.6. The zero-order valence-corrected chi connectivity index (χ0v) is 12.6. The van der Waals surface area contributed by atoms with Gasteiger partial charge < -0.3 is 14.8 Å². The first-order chi connectivity index (χ1) is 9.74. The number of hydrogen-bond acceptors (Lipinski definition) is 6. The number of likely N-dealkylation sites (tertiary alicyclic amines) is 1. The van der Waals surface area contributed by atoms with Crippen LogP contribution in [0.4, 0.5) is 0 Å². The second-order valence-electron chi connectivity index (χ2n) is 5.48. The summed E-state index contributed by atoms with van der Waals surface area (Å²) < 4.78 is 10.3. The molecule has 6 nitrogen and oxygen atoms in total. The molecule has 2 aliphatic heterocycles. The second kappa shape index (κ2) is 7.93. The number of methoxy groups -OCH3 is 1. The Hall–Kier alpha value is -0.690. The quantitative estimate of drug-likeness (QED) is 0.667. The Balaban J connectivity index is 1.80. The van der Waals surface area contributed by atoms with E-state index in [9.17, 15) is 4.79 Å². The average molecular weight is 285 g/mol. The number of hydrogen-bond donors (Lipinski definition) is 1. The Morgan fingerprint density at radius 2 is 2.15 bits per heavy atom. The fourth-order valence-corrected chi connectivity index (χ4v) is 3.09. The van der Waals surface area contributed by atoms with Gasteiger partial charge in [0.1, 0.15) is 6.04 Å². The van der Waals surface area contributed by atoms with Gasteiger partial charge in [-0.15, -0.1) is 0 Å². The van der Waals surface area contributed by atoms with Gasteiger partial charge in [0.05, 0.1) is 20.3 Å². The van der Waals surface area contributed by atoms with Crippen molar-refractivity contribution in [2.24, 2.45) is 0 Å². The van der Waals surface area contributed by atoms with Gasteiger partial charge in [-0.2, -0.15) is 0 Å². The van der Waals surface area contributed by atoms with Crippen LogP contribution >= 0.6 is 0 Å². The fraction of sp³-hybridized carbons (Fsp3) is 0.929. The van der Waals surface area contributed by atoms with Crippen LogP contribution in [0.1, 0.15) is 13.3 Å². The predicted octanol–water partition coefficient (Wildman–Crippen LogP) is -0.456. The molecule has 0 aliphatic carbocycles. The van der Waals surface area contributed by atoms with Crippen LogP contribution in [0, 0.1) is 0 Å². The van der Waals surface area contributed by atoms with Gasteiger partial charge >= 0.3 is 5.97 Å². The third-order valence-electron chi connectivity index (χ3n) is 4.19. The first kappa shape index (κ1) is 15.7. The van der Waals surface area contributed by atoms with Gasteiger partial charge in [0, 0.05) is 32.2 Å². The van der Waals surface area contributed by atoms with Gasteiger partial charge in [-0.1, -0.05) is 6.92 Å². The van der Waals surface area contributed by atoms with E-state index >= 15 is 0 Å². The van der Waals surface area contributed by atoms with Gasteiger partial charge in [0.15, 0.2) is 0 Å². The minimum atomic E-state index is -0.214. The van der Waals surface area contributed by atoms with Crippen LogP contribution in [0.3, 0.4) is 0 Å². The molecule has 1 N–H and O–H groups in total. The van der Waals surface area contributed by atoms with Gasteiger partial charge in [0.2, 0.25) is 0 Å². The third kappa shape index (κ3) is 4.15. The highest BCUT2D eigenvalue weighted by molar-refractivity contribution is 5.75. The molecule has 20 heavy (non-hydrogen) atoms. The van der Waals surface area contributed by atoms with Gasteiger partial charge in [-0.25, -0.2) is 0 Å². The van der Waals surface area contributed by atoms with Crippen molar-refractivity contribution >= 4 is 5.97 Å². The number of morpholine rings is 1. The number of rotatable bonds is 6. The molecule has 0 amide bonds. The van der Waals surface area contributed by atoms with E-state index < -0.39 is 0 Å². The lowest BCUT2D eigenvalue weighted by Crippen LogP contribution is -2.48. The molecular weight excluding hydrogens is 258 g/mol. The Morgan fingerprint density at radius 3 is 2.80 bits per heavy atom. The molecule has 0 aromatic rings. The lowest BCUT2D eigenvalue weighted by molar-refractivity contribution is -0.143. The van der Waals surface area contributed by atoms with Crippen molar-refractivity contribution in [1.82, 2.24) is 15.1 Å². The van der Waals surface area contributed by atoms with Crippen LogP contribution in [0.15, 0.2) is 0 Å². The summed E-state index contributed by atoms with van der Waals surface area (Å²) in [5.41, 5.74) is 0. The first-order valence-electron chi connectivity index (χ1n) is 7.60. The van der Waals surface area contributed by atoms with Crippen molar-refractivity contribution in [2.75, 3.05) is 59.6 Å². The van der Waals surface area contributed by atoms with Gasteiger partial charge in [0.25, 0.3) is 0 Å². The Morgan fingerprint density at radius 1 is 1.40 bits per heavy atom. The molecule has 2 heterocycles. The molecule has 0 bridgehead atoms. The minimum Gasteiger partial charge on any atom is -0.468 e. The van der Waals surface area contributed by atoms with Crippen molar-refractivity contribution in [3.8, 4) is 0 Å². The molecule has 2 fully saturated rings. The zero-order chi connectivity index (χ0) is 14.4. The summed E-state index contributed by atoms with van der Waals surface area (Å²) in [7, 11) is 1.45. The molecule has 0 saturated carbocycles. The molecule has 0 aromatic carbocycles. The van der Waals surface area contributed by atoms with Crippen LogP contribution in [0.5, 0.6) is 0 Å². The molecule has 2 unspecified atom stereocenters. The maximum absolute atomic E-state index is 11.7. The minimum absolute atomic E-state index is 0.165. The summed E-state index contributed by atoms with van der Waals surface area (Å²) >= 11 is 0. The highest BCUT2D eigenvalue weighted by Crippen LogP contribution is 2.17. The van der Waals surface area contributed by atoms with Crippen LogP contribution in [-0.4, -0.2) is 87.4 Å². The van der Waals surface area contributed by atoms with Crippen molar-refractivity contribution in [2.45, 2.75) is 25.4 Å². The molecule has 0 spiro atoms. The average Bonchev–Trinajstić information content (AvgIpc) is 2.95. The van der Waals surface area contributed by atoms with Crippen LogP contribution < -0.4 is 5.32 Å². The number of nitrogens with one attached hydrogen (secondary N) is 1. The van der Waals surface area contributed by atoms with E-state index in [1.807, 2.05) is 6.92 Å². The number of nitrogens with zero attached hydrogens (tertiary/aromatic N) is 2. The summed E-state index contributed by atoms with van der Waals surface area (Å²) in [5.74, 6) is -0.165. The van der Waals surface area contributed by atoms with Gasteiger partial charge in [-0.05, 0) is 19.5 Å². The number of carbonyl (C=O) groups is 1. The lowest BCUT2D eigenvalue weighted by atomic mass is 10.2. The number of likely N-dealkylation sites (N-methyl/N-ethyl adjacent to an activating group) is 1. The highest BCUT2D eigenvalue weighted by Gasteiger charge is 2.31. The van der Waals surface area contributed by atoms with E-state index in [1.54, 1.807) is 0 Å². The molecule has 0 aromatic heterocycles. The van der Waals surface area contributed by atoms with Crippen molar-refractivity contribution in [3.63, 3.8) is 0 Å². The SMILES string of the molecule is CCNC(CN1CCC(N2CCOCC2)C1)C(=O)OC. The standard InChI is InChI=1S/C14H27N3O3/c1-3-15-13(14(18)19-2)11-16-5-4-12(10-16)17-6-8-20-9-7-17/h12-13,15H,3-11H2,1-2H3. The van der Waals surface area contributed by atoms with E-state index in [2.05, 4.69) is 15.1 Å². The maximum atomic E-state index is 11.7. The monoisotopic (exact) mass is 285 g/mol. The summed E-state index contributed by atoms with van der Waals surface area (Å²) in [5, 5.41) is 3.20. The van der Waals surface area contributed by atoms with E-state index in [4.69, 9.17) is 9.47 Å². The van der Waals surface area contributed by atoms with Crippen molar-refractivity contribution in [3.05, 3.63) is 0 Å². The Bertz CT molecular complexity index is 308. The van der Waals surface area contributed by atoms with Crippen LogP contribution in [-0.2, 0) is 14.3 Å². The first-order valence-corrected chi connectivity index (χ1v) is 7.60. The lowest BCUT2D eigenvalue weighted by Gasteiger charge is -2.32. The highest BCUT2D eigenvalue weighted by atomic mass is 16.5. The molecule has 2 atom stereocenters. The Labute approximate surface area is 121 Å². The number of esters is 1. The maximum Gasteiger partial charge on any atom is 0.324 e. The second-order valence-corrected chi connectivity index (χ2v) is 5.48. The van der Waals surface area contributed by atoms with E-state index in [0.717, 1.165) is 52.5 Å². The predicted molar refractivity (Wildman–Crippen MR) is 76.7 cm³/mol. The summed E-state index contributed by atoms with van der Waals surface area (Å²) in [6.45, 7) is 9.38. The van der Waals surface area contributed by atoms with E-state index in [-0.39, 0.29) is 12.0 Å².